The highest BCUT2D eigenvalue weighted by Gasteiger charge is 2.37. The van der Waals surface area contributed by atoms with Crippen LogP contribution in [0.4, 0.5) is 0 Å². The zero-order valence-corrected chi connectivity index (χ0v) is 13.1. The van der Waals surface area contributed by atoms with Crippen LogP contribution in [-0.2, 0) is 10.2 Å². The molecule has 1 saturated carbocycles. The van der Waals surface area contributed by atoms with Gasteiger partial charge in [0.25, 0.3) is 0 Å². The van der Waals surface area contributed by atoms with Gasteiger partial charge in [0.05, 0.1) is 19.8 Å². The molecule has 3 heteroatoms. The summed E-state index contributed by atoms with van der Waals surface area (Å²) in [6, 6.07) is 8.49. The summed E-state index contributed by atoms with van der Waals surface area (Å²) in [5.74, 6) is 1.03. The van der Waals surface area contributed by atoms with E-state index in [1.807, 2.05) is 0 Å². The molecule has 1 saturated heterocycles. The molecule has 21 heavy (non-hydrogen) atoms. The molecule has 0 bridgehead atoms. The van der Waals surface area contributed by atoms with E-state index in [4.69, 9.17) is 15.2 Å². The lowest BCUT2D eigenvalue weighted by atomic mass is 9.69. The van der Waals surface area contributed by atoms with Crippen molar-refractivity contribution in [3.8, 4) is 5.75 Å². The highest BCUT2D eigenvalue weighted by molar-refractivity contribution is 5.40. The first-order chi connectivity index (χ1) is 10.2. The minimum absolute atomic E-state index is 0.117. The third-order valence-electron chi connectivity index (χ3n) is 5.14. The third-order valence-corrected chi connectivity index (χ3v) is 5.14. The Hall–Kier alpha value is -1.06. The predicted molar refractivity (Wildman–Crippen MR) is 84.7 cm³/mol. The van der Waals surface area contributed by atoms with E-state index in [9.17, 15) is 0 Å². The second kappa shape index (κ2) is 5.98. The van der Waals surface area contributed by atoms with Gasteiger partial charge in [0, 0.05) is 22.9 Å². The Morgan fingerprint density at radius 2 is 1.86 bits per heavy atom. The molecule has 1 aliphatic carbocycles. The molecule has 1 aromatic rings. The molecule has 1 heterocycles. The van der Waals surface area contributed by atoms with Gasteiger partial charge in [-0.1, -0.05) is 44.4 Å². The highest BCUT2D eigenvalue weighted by atomic mass is 16.5. The van der Waals surface area contributed by atoms with Gasteiger partial charge >= 0.3 is 0 Å². The molecule has 116 valence electrons. The molecule has 0 unspecified atom stereocenters. The summed E-state index contributed by atoms with van der Waals surface area (Å²) >= 11 is 0. The monoisotopic (exact) mass is 289 g/mol. The van der Waals surface area contributed by atoms with Gasteiger partial charge in [0.15, 0.2) is 0 Å². The summed E-state index contributed by atoms with van der Waals surface area (Å²) in [5.41, 5.74) is 7.79. The van der Waals surface area contributed by atoms with Crippen molar-refractivity contribution in [2.45, 2.75) is 44.4 Å². The van der Waals surface area contributed by atoms with Crippen LogP contribution in [0.3, 0.4) is 0 Å². The van der Waals surface area contributed by atoms with Gasteiger partial charge < -0.3 is 15.2 Å². The number of ether oxygens (including phenoxy) is 2. The fourth-order valence-electron chi connectivity index (χ4n) is 3.63. The smallest absolute Gasteiger partial charge is 0.123 e. The molecule has 2 aliphatic rings. The Labute approximate surface area is 127 Å². The third kappa shape index (κ3) is 2.95. The van der Waals surface area contributed by atoms with Crippen LogP contribution < -0.4 is 10.5 Å². The van der Waals surface area contributed by atoms with E-state index in [-0.39, 0.29) is 10.8 Å². The number of benzene rings is 1. The van der Waals surface area contributed by atoms with E-state index in [0.717, 1.165) is 25.6 Å². The Morgan fingerprint density at radius 3 is 2.48 bits per heavy atom. The molecule has 3 rings (SSSR count). The normalized spacial score (nSPS) is 23.3. The quantitative estimate of drug-likeness (QED) is 0.905. The second-order valence-electron chi connectivity index (χ2n) is 7.13. The number of para-hydroxylation sites is 1. The van der Waals surface area contributed by atoms with E-state index in [2.05, 4.69) is 31.2 Å². The van der Waals surface area contributed by atoms with Crippen LogP contribution in [0.2, 0.25) is 0 Å². The fraction of sp³-hybridized carbons (Fsp3) is 0.667. The molecule has 3 nitrogen and oxygen atoms in total. The van der Waals surface area contributed by atoms with E-state index in [0.29, 0.717) is 6.54 Å². The van der Waals surface area contributed by atoms with Crippen LogP contribution in [-0.4, -0.2) is 26.4 Å². The SMILES string of the molecule is CC1(COc2ccccc2C2(CN)CCCCC2)COC1. The fourth-order valence-corrected chi connectivity index (χ4v) is 3.63. The van der Waals surface area contributed by atoms with Gasteiger partial charge in [-0.15, -0.1) is 0 Å². The van der Waals surface area contributed by atoms with Crippen molar-refractivity contribution in [3.05, 3.63) is 29.8 Å². The summed E-state index contributed by atoms with van der Waals surface area (Å²) in [6.45, 7) is 5.27. The zero-order chi connectivity index (χ0) is 14.8. The van der Waals surface area contributed by atoms with Crippen molar-refractivity contribution < 1.29 is 9.47 Å². The maximum Gasteiger partial charge on any atom is 0.123 e. The molecule has 1 aliphatic heterocycles. The Balaban J connectivity index is 1.80. The summed E-state index contributed by atoms with van der Waals surface area (Å²) in [5, 5.41) is 0. The first-order valence-electron chi connectivity index (χ1n) is 8.18. The van der Waals surface area contributed by atoms with Crippen LogP contribution in [0.15, 0.2) is 24.3 Å². The van der Waals surface area contributed by atoms with Gasteiger partial charge in [-0.25, -0.2) is 0 Å². The summed E-state index contributed by atoms with van der Waals surface area (Å²) in [7, 11) is 0. The molecule has 0 aromatic heterocycles. The Kier molecular flexibility index (Phi) is 4.23. The Bertz CT molecular complexity index is 476. The van der Waals surface area contributed by atoms with Crippen LogP contribution in [0.1, 0.15) is 44.6 Å². The summed E-state index contributed by atoms with van der Waals surface area (Å²) in [4.78, 5) is 0. The molecule has 0 radical (unpaired) electrons. The van der Waals surface area contributed by atoms with Crippen LogP contribution in [0.25, 0.3) is 0 Å². The lowest BCUT2D eigenvalue weighted by molar-refractivity contribution is -0.120. The lowest BCUT2D eigenvalue weighted by Crippen LogP contribution is -2.44. The zero-order valence-electron chi connectivity index (χ0n) is 13.1. The molecule has 0 amide bonds. The van der Waals surface area contributed by atoms with Crippen molar-refractivity contribution in [1.82, 2.24) is 0 Å². The van der Waals surface area contributed by atoms with Crippen molar-refractivity contribution in [1.29, 1.82) is 0 Å². The van der Waals surface area contributed by atoms with Gasteiger partial charge in [0.2, 0.25) is 0 Å². The Morgan fingerprint density at radius 1 is 1.14 bits per heavy atom. The van der Waals surface area contributed by atoms with E-state index in [1.54, 1.807) is 0 Å². The number of rotatable bonds is 5. The standard InChI is InChI=1S/C18H27NO2/c1-17(12-20-13-17)14-21-16-8-4-3-7-15(16)18(11-19)9-5-2-6-10-18/h3-4,7-8H,2,5-6,9-14,19H2,1H3. The maximum atomic E-state index is 6.19. The second-order valence-corrected chi connectivity index (χ2v) is 7.13. The predicted octanol–water partition coefficient (Wildman–Crippen LogP) is 3.26. The molecular formula is C18H27NO2. The first-order valence-corrected chi connectivity index (χ1v) is 8.18. The average molecular weight is 289 g/mol. The van der Waals surface area contributed by atoms with Gasteiger partial charge in [-0.2, -0.15) is 0 Å². The van der Waals surface area contributed by atoms with Crippen molar-refractivity contribution in [2.24, 2.45) is 11.1 Å². The molecule has 1 aromatic carbocycles. The first kappa shape index (κ1) is 14.9. The molecule has 2 N–H and O–H groups in total. The van der Waals surface area contributed by atoms with E-state index >= 15 is 0 Å². The molecular weight excluding hydrogens is 262 g/mol. The van der Waals surface area contributed by atoms with Crippen molar-refractivity contribution in [2.75, 3.05) is 26.4 Å². The number of nitrogens with two attached hydrogens (primary N) is 1. The minimum atomic E-state index is 0.117. The molecule has 0 spiro atoms. The van der Waals surface area contributed by atoms with E-state index < -0.39 is 0 Å². The van der Waals surface area contributed by atoms with Gasteiger partial charge in [-0.3, -0.25) is 0 Å². The maximum absolute atomic E-state index is 6.19. The largest absolute Gasteiger partial charge is 0.493 e. The topological polar surface area (TPSA) is 44.5 Å². The average Bonchev–Trinajstić information content (AvgIpc) is 2.52. The molecule has 2 fully saturated rings. The number of hydrogen-bond acceptors (Lipinski definition) is 3. The minimum Gasteiger partial charge on any atom is -0.493 e. The highest BCUT2D eigenvalue weighted by Crippen LogP contribution is 2.43. The molecule has 0 atom stereocenters. The van der Waals surface area contributed by atoms with Gasteiger partial charge in [-0.05, 0) is 18.9 Å². The van der Waals surface area contributed by atoms with Crippen LogP contribution >= 0.6 is 0 Å². The van der Waals surface area contributed by atoms with Crippen molar-refractivity contribution >= 4 is 0 Å². The van der Waals surface area contributed by atoms with Gasteiger partial charge in [0.1, 0.15) is 5.75 Å². The van der Waals surface area contributed by atoms with Crippen LogP contribution in [0.5, 0.6) is 5.75 Å². The lowest BCUT2D eigenvalue weighted by Gasteiger charge is -2.40. The van der Waals surface area contributed by atoms with E-state index in [1.165, 1.54) is 37.7 Å². The van der Waals surface area contributed by atoms with Crippen molar-refractivity contribution in [3.63, 3.8) is 0 Å². The van der Waals surface area contributed by atoms with Crippen LogP contribution in [0, 0.1) is 5.41 Å². The number of hydrogen-bond donors (Lipinski definition) is 1. The summed E-state index contributed by atoms with van der Waals surface area (Å²) in [6.07, 6.45) is 6.25. The summed E-state index contributed by atoms with van der Waals surface area (Å²) < 4.78 is 11.5.